The first-order chi connectivity index (χ1) is 7.78. The number of anilines is 1. The van der Waals surface area contributed by atoms with Crippen LogP contribution in [0.25, 0.3) is 0 Å². The van der Waals surface area contributed by atoms with Crippen molar-refractivity contribution in [1.29, 1.82) is 0 Å². The lowest BCUT2D eigenvalue weighted by molar-refractivity contribution is 0.167. The van der Waals surface area contributed by atoms with Gasteiger partial charge in [-0.15, -0.1) is 0 Å². The molecular weight excluding hydrogens is 206 g/mol. The molecule has 1 saturated heterocycles. The Morgan fingerprint density at radius 1 is 1.38 bits per heavy atom. The van der Waals surface area contributed by atoms with Crippen molar-refractivity contribution in [1.82, 2.24) is 0 Å². The van der Waals surface area contributed by atoms with Crippen molar-refractivity contribution in [3.05, 3.63) is 18.2 Å². The molecule has 0 radical (unpaired) electrons. The summed E-state index contributed by atoms with van der Waals surface area (Å²) in [5.41, 5.74) is 6.38. The second kappa shape index (κ2) is 5.07. The van der Waals surface area contributed by atoms with Gasteiger partial charge in [0, 0.05) is 36.4 Å². The minimum absolute atomic E-state index is 0.493. The number of nitrogen functional groups attached to an aromatic ring is 1. The SMILES string of the molecule is COc1cc(N)cc(OC[C@H]2CCOC2)c1. The maximum atomic E-state index is 5.73. The normalized spacial score (nSPS) is 19.7. The minimum Gasteiger partial charge on any atom is -0.497 e. The van der Waals surface area contributed by atoms with E-state index in [0.29, 0.717) is 18.2 Å². The van der Waals surface area contributed by atoms with Crippen LogP contribution in [0.15, 0.2) is 18.2 Å². The molecule has 1 fully saturated rings. The Morgan fingerprint density at radius 2 is 2.19 bits per heavy atom. The Bertz CT molecular complexity index is 348. The summed E-state index contributed by atoms with van der Waals surface area (Å²) in [6.45, 7) is 2.31. The molecule has 88 valence electrons. The molecule has 0 saturated carbocycles. The molecule has 2 rings (SSSR count). The molecule has 1 aliphatic heterocycles. The van der Waals surface area contributed by atoms with Crippen LogP contribution in [0.3, 0.4) is 0 Å². The zero-order valence-electron chi connectivity index (χ0n) is 9.44. The van der Waals surface area contributed by atoms with Crippen molar-refractivity contribution in [3.8, 4) is 11.5 Å². The molecule has 0 unspecified atom stereocenters. The fourth-order valence-electron chi connectivity index (χ4n) is 1.72. The zero-order chi connectivity index (χ0) is 11.4. The standard InChI is InChI=1S/C12H17NO3/c1-14-11-4-10(13)5-12(6-11)16-8-9-2-3-15-7-9/h4-6,9H,2-3,7-8,13H2,1H3/t9-/m0/s1. The monoisotopic (exact) mass is 223 g/mol. The molecule has 0 aliphatic carbocycles. The van der Waals surface area contributed by atoms with E-state index in [1.54, 1.807) is 19.2 Å². The van der Waals surface area contributed by atoms with Crippen LogP contribution in [0, 0.1) is 5.92 Å². The van der Waals surface area contributed by atoms with Crippen LogP contribution in [-0.2, 0) is 4.74 Å². The molecule has 1 aliphatic rings. The van der Waals surface area contributed by atoms with Gasteiger partial charge in [0.1, 0.15) is 11.5 Å². The predicted molar refractivity (Wildman–Crippen MR) is 61.8 cm³/mol. The highest BCUT2D eigenvalue weighted by Gasteiger charge is 2.16. The Morgan fingerprint density at radius 3 is 2.88 bits per heavy atom. The van der Waals surface area contributed by atoms with Crippen molar-refractivity contribution in [3.63, 3.8) is 0 Å². The molecule has 4 nitrogen and oxygen atoms in total. The van der Waals surface area contributed by atoms with Crippen LogP contribution >= 0.6 is 0 Å². The van der Waals surface area contributed by atoms with Crippen molar-refractivity contribution in [2.24, 2.45) is 5.92 Å². The molecule has 1 aromatic carbocycles. The highest BCUT2D eigenvalue weighted by atomic mass is 16.5. The molecule has 1 aromatic rings. The molecule has 16 heavy (non-hydrogen) atoms. The second-order valence-corrected chi connectivity index (χ2v) is 3.98. The zero-order valence-corrected chi connectivity index (χ0v) is 9.44. The van der Waals surface area contributed by atoms with E-state index in [0.717, 1.165) is 31.1 Å². The number of hydrogen-bond donors (Lipinski definition) is 1. The molecule has 2 N–H and O–H groups in total. The van der Waals surface area contributed by atoms with Crippen molar-refractivity contribution in [2.45, 2.75) is 6.42 Å². The third-order valence-electron chi connectivity index (χ3n) is 2.65. The smallest absolute Gasteiger partial charge is 0.125 e. The fourth-order valence-corrected chi connectivity index (χ4v) is 1.72. The van der Waals surface area contributed by atoms with Gasteiger partial charge in [-0.1, -0.05) is 0 Å². The van der Waals surface area contributed by atoms with Gasteiger partial charge in [-0.3, -0.25) is 0 Å². The van der Waals surface area contributed by atoms with Crippen molar-refractivity contribution < 1.29 is 14.2 Å². The number of nitrogens with two attached hydrogens (primary N) is 1. The highest BCUT2D eigenvalue weighted by Crippen LogP contribution is 2.25. The number of methoxy groups -OCH3 is 1. The lowest BCUT2D eigenvalue weighted by atomic mass is 10.1. The third kappa shape index (κ3) is 2.79. The van der Waals surface area contributed by atoms with Gasteiger partial charge >= 0.3 is 0 Å². The van der Waals surface area contributed by atoms with E-state index in [-0.39, 0.29) is 0 Å². The molecular formula is C12H17NO3. The van der Waals surface area contributed by atoms with Gasteiger partial charge in [0.2, 0.25) is 0 Å². The highest BCUT2D eigenvalue weighted by molar-refractivity contribution is 5.50. The summed E-state index contributed by atoms with van der Waals surface area (Å²) in [7, 11) is 1.61. The van der Waals surface area contributed by atoms with Crippen LogP contribution < -0.4 is 15.2 Å². The molecule has 1 heterocycles. The molecule has 0 bridgehead atoms. The first kappa shape index (κ1) is 11.1. The maximum Gasteiger partial charge on any atom is 0.125 e. The summed E-state index contributed by atoms with van der Waals surface area (Å²) in [5, 5.41) is 0. The van der Waals surface area contributed by atoms with Gasteiger partial charge < -0.3 is 19.9 Å². The first-order valence-electron chi connectivity index (χ1n) is 5.43. The van der Waals surface area contributed by atoms with Gasteiger partial charge in [-0.05, 0) is 6.42 Å². The minimum atomic E-state index is 0.493. The van der Waals surface area contributed by atoms with E-state index in [4.69, 9.17) is 19.9 Å². The first-order valence-corrected chi connectivity index (χ1v) is 5.43. The predicted octanol–water partition coefficient (Wildman–Crippen LogP) is 1.69. The number of rotatable bonds is 4. The number of ether oxygens (including phenoxy) is 3. The summed E-state index contributed by atoms with van der Waals surface area (Å²) < 4.78 is 16.1. The summed E-state index contributed by atoms with van der Waals surface area (Å²) in [5.74, 6) is 1.97. The van der Waals surface area contributed by atoms with E-state index < -0.39 is 0 Å². The Balaban J connectivity index is 1.94. The van der Waals surface area contributed by atoms with Gasteiger partial charge in [-0.25, -0.2) is 0 Å². The summed E-state index contributed by atoms with van der Waals surface area (Å²) in [6, 6.07) is 5.41. The number of benzene rings is 1. The van der Waals surface area contributed by atoms with Gasteiger partial charge in [-0.2, -0.15) is 0 Å². The molecule has 4 heteroatoms. The second-order valence-electron chi connectivity index (χ2n) is 3.98. The van der Waals surface area contributed by atoms with Crippen molar-refractivity contribution in [2.75, 3.05) is 32.7 Å². The summed E-state index contributed by atoms with van der Waals surface area (Å²) in [6.07, 6.45) is 1.07. The lowest BCUT2D eigenvalue weighted by Gasteiger charge is -2.11. The lowest BCUT2D eigenvalue weighted by Crippen LogP contribution is -2.11. The van der Waals surface area contributed by atoms with E-state index in [2.05, 4.69) is 0 Å². The van der Waals surface area contributed by atoms with Crippen LogP contribution in [-0.4, -0.2) is 26.9 Å². The Labute approximate surface area is 95.3 Å². The molecule has 0 spiro atoms. The fraction of sp³-hybridized carbons (Fsp3) is 0.500. The largest absolute Gasteiger partial charge is 0.497 e. The van der Waals surface area contributed by atoms with Gasteiger partial charge in [0.15, 0.2) is 0 Å². The molecule has 1 atom stereocenters. The van der Waals surface area contributed by atoms with Crippen LogP contribution in [0.4, 0.5) is 5.69 Å². The average Bonchev–Trinajstić information content (AvgIpc) is 2.78. The molecule has 0 amide bonds. The van der Waals surface area contributed by atoms with Gasteiger partial charge in [0.25, 0.3) is 0 Å². The van der Waals surface area contributed by atoms with E-state index in [9.17, 15) is 0 Å². The summed E-state index contributed by atoms with van der Waals surface area (Å²) >= 11 is 0. The average molecular weight is 223 g/mol. The van der Waals surface area contributed by atoms with E-state index >= 15 is 0 Å². The van der Waals surface area contributed by atoms with Crippen LogP contribution in [0.5, 0.6) is 11.5 Å². The van der Waals surface area contributed by atoms with Crippen LogP contribution in [0.1, 0.15) is 6.42 Å². The van der Waals surface area contributed by atoms with Crippen LogP contribution in [0.2, 0.25) is 0 Å². The Kier molecular flexibility index (Phi) is 3.51. The number of hydrogen-bond acceptors (Lipinski definition) is 4. The quantitative estimate of drug-likeness (QED) is 0.789. The summed E-state index contributed by atoms with van der Waals surface area (Å²) in [4.78, 5) is 0. The maximum absolute atomic E-state index is 5.73. The van der Waals surface area contributed by atoms with Gasteiger partial charge in [0.05, 0.1) is 20.3 Å². The molecule has 0 aromatic heterocycles. The Hall–Kier alpha value is -1.42. The van der Waals surface area contributed by atoms with E-state index in [1.165, 1.54) is 0 Å². The topological polar surface area (TPSA) is 53.7 Å². The van der Waals surface area contributed by atoms with Crippen molar-refractivity contribution >= 4 is 5.69 Å². The van der Waals surface area contributed by atoms with E-state index in [1.807, 2.05) is 6.07 Å². The third-order valence-corrected chi connectivity index (χ3v) is 2.65.